The highest BCUT2D eigenvalue weighted by molar-refractivity contribution is 5.89. The fourth-order valence-electron chi connectivity index (χ4n) is 9.02. The second-order valence-corrected chi connectivity index (χ2v) is 17.8. The Hall–Kier alpha value is -6.06. The van der Waals surface area contributed by atoms with Crippen LogP contribution in [-0.2, 0) is 14.4 Å². The molecule has 0 unspecified atom stereocenters. The number of hydrogen-bond acceptors (Lipinski definition) is 8. The van der Waals surface area contributed by atoms with Gasteiger partial charge in [0.25, 0.3) is 5.91 Å². The summed E-state index contributed by atoms with van der Waals surface area (Å²) in [5.74, 6) is 0.760. The van der Waals surface area contributed by atoms with E-state index in [2.05, 4.69) is 51.4 Å². The van der Waals surface area contributed by atoms with Crippen molar-refractivity contribution in [2.24, 2.45) is 0 Å². The van der Waals surface area contributed by atoms with E-state index < -0.39 is 5.60 Å². The number of aliphatic hydroxyl groups excluding tert-OH is 1. The first kappa shape index (κ1) is 49.4. The van der Waals surface area contributed by atoms with Crippen molar-refractivity contribution in [3.63, 3.8) is 0 Å². The molecule has 3 N–H and O–H groups in total. The minimum atomic E-state index is -1.13. The molecule has 2 aliphatic carbocycles. The highest BCUT2D eigenvalue weighted by atomic mass is 35.5. The van der Waals surface area contributed by atoms with Gasteiger partial charge in [0.15, 0.2) is 11.4 Å². The van der Waals surface area contributed by atoms with Crippen LogP contribution in [0.3, 0.4) is 0 Å². The first-order chi connectivity index (χ1) is 31.5. The molecule has 4 heterocycles. The summed E-state index contributed by atoms with van der Waals surface area (Å²) in [5, 5.41) is 26.0. The minimum Gasteiger partial charge on any atom is -0.393 e. The molecule has 0 atom stereocenters. The lowest BCUT2D eigenvalue weighted by Crippen LogP contribution is -2.56. The molecule has 6 aliphatic rings. The van der Waals surface area contributed by atoms with Crippen molar-refractivity contribution in [1.29, 1.82) is 0 Å². The van der Waals surface area contributed by atoms with Crippen LogP contribution in [0, 0.1) is 13.1 Å². The largest absolute Gasteiger partial charge is 0.393 e. The number of carbonyl (C=O) groups excluding carboxylic acids is 5. The number of benzene rings is 4. The average Bonchev–Trinajstić information content (AvgIpc) is 4.32. The summed E-state index contributed by atoms with van der Waals surface area (Å²) >= 11 is 0. The molecule has 4 saturated heterocycles. The van der Waals surface area contributed by atoms with E-state index in [4.69, 9.17) is 27.8 Å². The molecule has 4 aromatic rings. The van der Waals surface area contributed by atoms with Gasteiger partial charge in [-0.05, 0) is 108 Å². The van der Waals surface area contributed by atoms with Gasteiger partial charge in [-0.2, -0.15) is 9.59 Å². The van der Waals surface area contributed by atoms with E-state index in [0.29, 0.717) is 62.2 Å². The van der Waals surface area contributed by atoms with Gasteiger partial charge in [-0.3, -0.25) is 4.79 Å². The highest BCUT2D eigenvalue weighted by Gasteiger charge is 2.50. The van der Waals surface area contributed by atoms with E-state index in [-0.39, 0.29) is 42.6 Å². The van der Waals surface area contributed by atoms with Gasteiger partial charge >= 0.3 is 18.2 Å². The zero-order valence-corrected chi connectivity index (χ0v) is 38.1. The van der Waals surface area contributed by atoms with Gasteiger partial charge in [-0.1, -0.05) is 60.7 Å². The molecular formula is C50H59ClN8O7. The standard InChI is InChI=1S/C25H28N4O3.C21H24N4O.C3H6O.CO2.ClH/c1-26-22-5-4-20-16-19(2-3-21(20)17-22)18-6-10-28(11-7-18)24(31)29-14-12-27(13-15-29)23(30)25(32)8-9-25;1-22-20-5-4-18-14-17(2-3-19(18)15-20)16-6-10-24(11-7-16)21(26)25-12-8-23-9-13-25;4-3-1-2-3;2-1-3;/h2-5,16-18,32H,6-15H2;2-5,14-16,23H,6-13H2;3-4H,1-2H2;;1H. The van der Waals surface area contributed by atoms with Crippen LogP contribution in [-0.4, -0.2) is 149 Å². The van der Waals surface area contributed by atoms with Crippen LogP contribution in [0.15, 0.2) is 72.8 Å². The molecule has 0 spiro atoms. The zero-order chi connectivity index (χ0) is 45.9. The number of carbonyl (C=O) groups is 3. The number of likely N-dealkylation sites (tertiary alicyclic amines) is 2. The van der Waals surface area contributed by atoms with Gasteiger partial charge in [-0.25, -0.2) is 19.3 Å². The van der Waals surface area contributed by atoms with Crippen molar-refractivity contribution in [1.82, 2.24) is 29.8 Å². The third-order valence-corrected chi connectivity index (χ3v) is 13.3. The van der Waals surface area contributed by atoms with Gasteiger partial charge in [0.2, 0.25) is 0 Å². The second-order valence-electron chi connectivity index (χ2n) is 17.8. The number of nitrogens with zero attached hydrogens (tertiary/aromatic N) is 7. The average molecular weight is 920 g/mol. The number of halogens is 1. The monoisotopic (exact) mass is 918 g/mol. The predicted molar refractivity (Wildman–Crippen MR) is 253 cm³/mol. The Kier molecular flexibility index (Phi) is 17.1. The van der Waals surface area contributed by atoms with Crippen molar-refractivity contribution in [2.75, 3.05) is 78.5 Å². The Balaban J connectivity index is 0.000000191. The summed E-state index contributed by atoms with van der Waals surface area (Å²) in [4.78, 5) is 70.6. The third-order valence-electron chi connectivity index (χ3n) is 13.3. The molecule has 0 bridgehead atoms. The molecule has 0 radical (unpaired) electrons. The van der Waals surface area contributed by atoms with Crippen molar-refractivity contribution >= 4 is 69.4 Å². The summed E-state index contributed by atoms with van der Waals surface area (Å²) in [6.45, 7) is 22.9. The lowest BCUT2D eigenvalue weighted by atomic mass is 9.88. The summed E-state index contributed by atoms with van der Waals surface area (Å²) in [7, 11) is 0. The number of aliphatic hydroxyl groups is 2. The van der Waals surface area contributed by atoms with Crippen LogP contribution >= 0.6 is 12.4 Å². The van der Waals surface area contributed by atoms with Crippen LogP contribution in [0.5, 0.6) is 0 Å². The van der Waals surface area contributed by atoms with Gasteiger partial charge < -0.3 is 40.0 Å². The maximum atomic E-state index is 13.0. The fraction of sp³-hybridized carbons (Fsp3) is 0.480. The van der Waals surface area contributed by atoms with Crippen molar-refractivity contribution < 1.29 is 34.2 Å². The Morgan fingerprint density at radius 2 is 0.909 bits per heavy atom. The second kappa shape index (κ2) is 22.9. The quantitative estimate of drug-likeness (QED) is 0.187. The van der Waals surface area contributed by atoms with E-state index in [1.54, 1.807) is 4.90 Å². The smallest absolute Gasteiger partial charge is 0.373 e. The number of rotatable bonds is 3. The van der Waals surface area contributed by atoms with Crippen molar-refractivity contribution in [3.8, 4) is 0 Å². The predicted octanol–water partition coefficient (Wildman–Crippen LogP) is 6.93. The van der Waals surface area contributed by atoms with E-state index in [9.17, 15) is 19.5 Å². The maximum Gasteiger partial charge on any atom is 0.373 e. The third kappa shape index (κ3) is 12.6. The molecule has 348 valence electrons. The first-order valence-electron chi connectivity index (χ1n) is 22.8. The molecule has 2 saturated carbocycles. The fourth-order valence-corrected chi connectivity index (χ4v) is 9.02. The maximum absolute atomic E-state index is 13.0. The van der Waals surface area contributed by atoms with Gasteiger partial charge in [0.05, 0.1) is 19.2 Å². The van der Waals surface area contributed by atoms with Crippen LogP contribution in [0.1, 0.15) is 74.3 Å². The molecule has 6 fully saturated rings. The number of piperidine rings is 2. The number of hydrogen-bond donors (Lipinski definition) is 3. The van der Waals surface area contributed by atoms with Crippen LogP contribution in [0.4, 0.5) is 21.0 Å². The molecule has 4 aromatic carbocycles. The number of amides is 5. The minimum absolute atomic E-state index is 0. The van der Waals surface area contributed by atoms with Crippen LogP contribution in [0.25, 0.3) is 31.2 Å². The lowest BCUT2D eigenvalue weighted by molar-refractivity contribution is -0.191. The SMILES string of the molecule is Cl.O=C=O.OC1CC1.[C-]#[N+]c1ccc2cc(C3CCN(C(=O)N4CCN(C(=O)C5(O)CC5)CC4)CC3)ccc2c1.[C-]#[N+]c1ccc2cc(C3CCN(C(=O)N4CCNCC4)CC3)ccc2c1. The molecule has 10 rings (SSSR count). The number of urea groups is 2. The lowest BCUT2D eigenvalue weighted by Gasteiger charge is -2.40. The van der Waals surface area contributed by atoms with Gasteiger partial charge in [-0.15, -0.1) is 12.4 Å². The van der Waals surface area contributed by atoms with Gasteiger partial charge in [0.1, 0.15) is 5.60 Å². The summed E-state index contributed by atoms with van der Waals surface area (Å²) in [6.07, 6.45) is 7.43. The van der Waals surface area contributed by atoms with Crippen LogP contribution in [0.2, 0.25) is 0 Å². The van der Waals surface area contributed by atoms with E-state index in [1.165, 1.54) is 16.5 Å². The van der Waals surface area contributed by atoms with Gasteiger partial charge in [0, 0.05) is 78.5 Å². The zero-order valence-electron chi connectivity index (χ0n) is 37.3. The van der Waals surface area contributed by atoms with Crippen molar-refractivity contribution in [3.05, 3.63) is 107 Å². The first-order valence-corrected chi connectivity index (χ1v) is 22.8. The number of piperazine rings is 2. The van der Waals surface area contributed by atoms with E-state index in [0.717, 1.165) is 107 Å². The highest BCUT2D eigenvalue weighted by Crippen LogP contribution is 2.37. The molecule has 16 heteroatoms. The Morgan fingerprint density at radius 1 is 0.561 bits per heavy atom. The molecular weight excluding hydrogens is 860 g/mol. The van der Waals surface area contributed by atoms with Crippen LogP contribution < -0.4 is 5.32 Å². The molecule has 66 heavy (non-hydrogen) atoms. The number of fused-ring (bicyclic) bond motifs is 2. The molecule has 0 aromatic heterocycles. The Labute approximate surface area is 392 Å². The summed E-state index contributed by atoms with van der Waals surface area (Å²) in [6, 6.07) is 25.0. The summed E-state index contributed by atoms with van der Waals surface area (Å²) < 4.78 is 0. The molecule has 15 nitrogen and oxygen atoms in total. The Bertz CT molecular complexity index is 2450. The molecule has 4 aliphatic heterocycles. The van der Waals surface area contributed by atoms with Crippen molar-refractivity contribution in [2.45, 2.75) is 74.9 Å². The summed E-state index contributed by atoms with van der Waals surface area (Å²) in [5.41, 5.74) is 2.86. The normalized spacial score (nSPS) is 19.2. The topological polar surface area (TPSA) is 163 Å². The Morgan fingerprint density at radius 3 is 1.29 bits per heavy atom. The molecule has 5 amide bonds. The number of nitrogens with one attached hydrogen (secondary N) is 1. The van der Waals surface area contributed by atoms with E-state index >= 15 is 0 Å². The van der Waals surface area contributed by atoms with E-state index in [1.807, 2.05) is 56.0 Å².